The molecule has 0 saturated carbocycles. The number of halogens is 4. The summed E-state index contributed by atoms with van der Waals surface area (Å²) in [4.78, 5) is 10.9. The lowest BCUT2D eigenvalue weighted by Gasteiger charge is -2.40. The number of pyridine rings is 1. The predicted octanol–water partition coefficient (Wildman–Crippen LogP) is 4.80. The fraction of sp³-hybridized carbons (Fsp3) is 0.542. The van der Waals surface area contributed by atoms with E-state index in [0.29, 0.717) is 54.1 Å². The average molecular weight is 494 g/mol. The zero-order valence-corrected chi connectivity index (χ0v) is 19.7. The first-order chi connectivity index (χ1) is 16.6. The van der Waals surface area contributed by atoms with Gasteiger partial charge in [-0.3, -0.25) is 0 Å². The Morgan fingerprint density at radius 1 is 1.11 bits per heavy atom. The third-order valence-corrected chi connectivity index (χ3v) is 6.90. The van der Waals surface area contributed by atoms with Crippen molar-refractivity contribution in [3.05, 3.63) is 34.9 Å². The molecule has 4 heterocycles. The number of ether oxygens (including phenoxy) is 1. The number of aryl methyl sites for hydroxylation is 2. The molecule has 0 amide bonds. The molecule has 2 aliphatic heterocycles. The number of aromatic nitrogens is 3. The third-order valence-electron chi connectivity index (χ3n) is 6.90. The van der Waals surface area contributed by atoms with Crippen LogP contribution < -0.4 is 10.2 Å². The Labute approximate surface area is 199 Å². The maximum atomic E-state index is 15.0. The van der Waals surface area contributed by atoms with Crippen LogP contribution in [0.1, 0.15) is 43.1 Å². The summed E-state index contributed by atoms with van der Waals surface area (Å²) in [5.74, 6) is -0.0430. The number of benzene rings is 1. The smallest absolute Gasteiger partial charge is 0.380 e. The van der Waals surface area contributed by atoms with Crippen molar-refractivity contribution in [2.24, 2.45) is 0 Å². The van der Waals surface area contributed by atoms with Crippen molar-refractivity contribution in [3.8, 4) is 11.5 Å². The van der Waals surface area contributed by atoms with Crippen LogP contribution in [0.25, 0.3) is 22.4 Å². The molecule has 0 aliphatic carbocycles. The summed E-state index contributed by atoms with van der Waals surface area (Å²) in [5, 5.41) is 7.58. The first kappa shape index (κ1) is 23.9. The SMILES string of the molecule is Cc1noc(-c2c(N3CC[C@@H](N[C@@H]4CCOC4)C[C@H]3C)nc3c(F)cc(C(F)(F)F)cc3c2C)n1. The maximum absolute atomic E-state index is 15.0. The van der Waals surface area contributed by atoms with Gasteiger partial charge >= 0.3 is 6.18 Å². The molecule has 11 heteroatoms. The van der Waals surface area contributed by atoms with Crippen molar-refractivity contribution in [3.63, 3.8) is 0 Å². The van der Waals surface area contributed by atoms with E-state index in [1.807, 2.05) is 0 Å². The molecule has 2 saturated heterocycles. The zero-order chi connectivity index (χ0) is 24.9. The minimum Gasteiger partial charge on any atom is -0.380 e. The molecule has 1 aromatic carbocycles. The first-order valence-electron chi connectivity index (χ1n) is 11.7. The Hall–Kier alpha value is -2.79. The molecule has 188 valence electrons. The van der Waals surface area contributed by atoms with Gasteiger partial charge in [0.1, 0.15) is 17.2 Å². The van der Waals surface area contributed by atoms with Gasteiger partial charge in [-0.1, -0.05) is 5.16 Å². The van der Waals surface area contributed by atoms with E-state index < -0.39 is 17.6 Å². The molecule has 2 fully saturated rings. The second-order valence-corrected chi connectivity index (χ2v) is 9.43. The minimum absolute atomic E-state index is 0.0354. The van der Waals surface area contributed by atoms with Crippen LogP contribution in [0.5, 0.6) is 0 Å². The van der Waals surface area contributed by atoms with Gasteiger partial charge in [-0.15, -0.1) is 0 Å². The van der Waals surface area contributed by atoms with E-state index in [-0.39, 0.29) is 22.8 Å². The van der Waals surface area contributed by atoms with Crippen LogP contribution >= 0.6 is 0 Å². The number of alkyl halides is 3. The normalized spacial score (nSPS) is 23.4. The highest BCUT2D eigenvalue weighted by Gasteiger charge is 2.35. The highest BCUT2D eigenvalue weighted by molar-refractivity contribution is 5.93. The second-order valence-electron chi connectivity index (χ2n) is 9.43. The summed E-state index contributed by atoms with van der Waals surface area (Å²) in [7, 11) is 0. The standard InChI is InChI=1S/C24H27F4N5O2/c1-12-8-16(30-17-5-7-34-11-17)4-6-33(12)22-20(23-29-14(3)32-35-23)13(2)18-9-15(24(26,27)28)10-19(25)21(18)31-22/h9-10,12,16-17,30H,4-8,11H2,1-3H3/t12-,16-,17-/m1/s1. The Morgan fingerprint density at radius 2 is 1.91 bits per heavy atom. The molecule has 35 heavy (non-hydrogen) atoms. The van der Waals surface area contributed by atoms with Gasteiger partial charge in [-0.25, -0.2) is 9.37 Å². The molecule has 5 rings (SSSR count). The van der Waals surface area contributed by atoms with E-state index in [0.717, 1.165) is 31.9 Å². The van der Waals surface area contributed by atoms with E-state index >= 15 is 0 Å². The molecule has 7 nitrogen and oxygen atoms in total. The number of hydrogen-bond acceptors (Lipinski definition) is 7. The van der Waals surface area contributed by atoms with Crippen LogP contribution in [0.3, 0.4) is 0 Å². The van der Waals surface area contributed by atoms with Crippen molar-refractivity contribution in [2.45, 2.75) is 64.3 Å². The van der Waals surface area contributed by atoms with E-state index in [4.69, 9.17) is 9.26 Å². The Kier molecular flexibility index (Phi) is 6.16. The zero-order valence-electron chi connectivity index (χ0n) is 19.7. The summed E-state index contributed by atoms with van der Waals surface area (Å²) < 4.78 is 66.1. The molecule has 2 aliphatic rings. The molecule has 0 radical (unpaired) electrons. The van der Waals surface area contributed by atoms with E-state index in [1.54, 1.807) is 13.8 Å². The number of nitrogens with one attached hydrogen (secondary N) is 1. The number of piperidine rings is 1. The third kappa shape index (κ3) is 4.58. The van der Waals surface area contributed by atoms with Gasteiger partial charge in [-0.05, 0) is 57.7 Å². The molecule has 3 aromatic rings. The van der Waals surface area contributed by atoms with Crippen LogP contribution in [-0.4, -0.2) is 53.0 Å². The summed E-state index contributed by atoms with van der Waals surface area (Å²) in [6.45, 7) is 7.46. The maximum Gasteiger partial charge on any atom is 0.416 e. The quantitative estimate of drug-likeness (QED) is 0.524. The lowest BCUT2D eigenvalue weighted by molar-refractivity contribution is -0.137. The van der Waals surface area contributed by atoms with Gasteiger partial charge in [0, 0.05) is 36.7 Å². The van der Waals surface area contributed by atoms with Crippen molar-refractivity contribution < 1.29 is 26.8 Å². The van der Waals surface area contributed by atoms with Gasteiger partial charge in [0.2, 0.25) is 0 Å². The van der Waals surface area contributed by atoms with E-state index in [1.165, 1.54) is 0 Å². The van der Waals surface area contributed by atoms with Crippen LogP contribution in [0.2, 0.25) is 0 Å². The van der Waals surface area contributed by atoms with E-state index in [9.17, 15) is 17.6 Å². The Morgan fingerprint density at radius 3 is 2.54 bits per heavy atom. The number of nitrogens with zero attached hydrogens (tertiary/aromatic N) is 4. The highest BCUT2D eigenvalue weighted by Crippen LogP contribution is 2.41. The van der Waals surface area contributed by atoms with Gasteiger partial charge in [0.15, 0.2) is 5.82 Å². The molecular weight excluding hydrogens is 466 g/mol. The summed E-state index contributed by atoms with van der Waals surface area (Å²) in [5.41, 5.74) is -0.335. The Bertz CT molecular complexity index is 1240. The molecular formula is C24H27F4N5O2. The molecule has 3 atom stereocenters. The lowest BCUT2D eigenvalue weighted by Crippen LogP contribution is -2.50. The number of fused-ring (bicyclic) bond motifs is 1. The predicted molar refractivity (Wildman–Crippen MR) is 122 cm³/mol. The number of rotatable bonds is 4. The van der Waals surface area contributed by atoms with Gasteiger partial charge in [0.05, 0.1) is 17.7 Å². The highest BCUT2D eigenvalue weighted by atomic mass is 19.4. The largest absolute Gasteiger partial charge is 0.416 e. The fourth-order valence-electron chi connectivity index (χ4n) is 5.13. The molecule has 0 spiro atoms. The topological polar surface area (TPSA) is 76.3 Å². The second kappa shape index (κ2) is 9.02. The number of anilines is 1. The van der Waals surface area contributed by atoms with E-state index in [2.05, 4.69) is 32.3 Å². The number of hydrogen-bond donors (Lipinski definition) is 1. The van der Waals surface area contributed by atoms with Crippen molar-refractivity contribution in [1.82, 2.24) is 20.4 Å². The average Bonchev–Trinajstić information content (AvgIpc) is 3.45. The molecule has 0 bridgehead atoms. The first-order valence-corrected chi connectivity index (χ1v) is 11.7. The van der Waals surface area contributed by atoms with Crippen LogP contribution in [0, 0.1) is 19.7 Å². The summed E-state index contributed by atoms with van der Waals surface area (Å²) in [6, 6.07) is 2.11. The van der Waals surface area contributed by atoms with Crippen molar-refractivity contribution in [1.29, 1.82) is 0 Å². The van der Waals surface area contributed by atoms with Gasteiger partial charge in [0.25, 0.3) is 5.89 Å². The van der Waals surface area contributed by atoms with Crippen LogP contribution in [0.4, 0.5) is 23.4 Å². The fourth-order valence-corrected chi connectivity index (χ4v) is 5.13. The van der Waals surface area contributed by atoms with Crippen LogP contribution in [0.15, 0.2) is 16.7 Å². The molecule has 1 N–H and O–H groups in total. The molecule has 0 unspecified atom stereocenters. The van der Waals surface area contributed by atoms with Crippen molar-refractivity contribution >= 4 is 16.7 Å². The van der Waals surface area contributed by atoms with Gasteiger partial charge < -0.3 is 19.5 Å². The summed E-state index contributed by atoms with van der Waals surface area (Å²) >= 11 is 0. The Balaban J connectivity index is 1.58. The van der Waals surface area contributed by atoms with Crippen molar-refractivity contribution in [2.75, 3.05) is 24.7 Å². The molecule has 2 aromatic heterocycles. The minimum atomic E-state index is -4.69. The lowest BCUT2D eigenvalue weighted by atomic mass is 9.95. The van der Waals surface area contributed by atoms with Crippen LogP contribution in [-0.2, 0) is 10.9 Å². The van der Waals surface area contributed by atoms with Gasteiger partial charge in [-0.2, -0.15) is 18.2 Å². The summed E-state index contributed by atoms with van der Waals surface area (Å²) in [6.07, 6.45) is -2.04. The monoisotopic (exact) mass is 493 g/mol.